The summed E-state index contributed by atoms with van der Waals surface area (Å²) in [5.74, 6) is 2.41. The molecule has 1 aliphatic heterocycles. The highest BCUT2D eigenvalue weighted by Gasteiger charge is 2.20. The van der Waals surface area contributed by atoms with Crippen LogP contribution in [0.15, 0.2) is 9.52 Å². The average Bonchev–Trinajstić information content (AvgIpc) is 2.91. The predicted octanol–water partition coefficient (Wildman–Crippen LogP) is 2.36. The van der Waals surface area contributed by atoms with Gasteiger partial charge >= 0.3 is 0 Å². The minimum Gasteiger partial charge on any atom is -0.374 e. The third-order valence-electron chi connectivity index (χ3n) is 4.49. The molecule has 1 aromatic heterocycles. The van der Waals surface area contributed by atoms with Crippen LogP contribution in [0.2, 0.25) is 0 Å². The quantitative estimate of drug-likeness (QED) is 0.329. The molecule has 0 bridgehead atoms. The van der Waals surface area contributed by atoms with Crippen molar-refractivity contribution in [2.24, 2.45) is 10.9 Å². The number of halogens is 1. The normalized spacial score (nSPS) is 18.4. The molecule has 27 heavy (non-hydrogen) atoms. The highest BCUT2D eigenvalue weighted by atomic mass is 127. The first-order chi connectivity index (χ1) is 12.5. The van der Waals surface area contributed by atoms with Gasteiger partial charge in [0, 0.05) is 38.3 Å². The molecule has 0 spiro atoms. The monoisotopic (exact) mass is 493 g/mol. The van der Waals surface area contributed by atoms with E-state index in [0.717, 1.165) is 63.2 Å². The van der Waals surface area contributed by atoms with Crippen LogP contribution < -0.4 is 10.6 Å². The van der Waals surface area contributed by atoms with Crippen LogP contribution in [-0.4, -0.2) is 68.0 Å². The van der Waals surface area contributed by atoms with Crippen LogP contribution >= 0.6 is 24.0 Å². The Kier molecular flexibility index (Phi) is 11.2. The highest BCUT2D eigenvalue weighted by molar-refractivity contribution is 14.0. The van der Waals surface area contributed by atoms with E-state index in [-0.39, 0.29) is 30.1 Å². The van der Waals surface area contributed by atoms with Gasteiger partial charge in [-0.2, -0.15) is 0 Å². The fraction of sp³-hybridized carbons (Fsp3) is 0.789. The average molecular weight is 493 g/mol. The van der Waals surface area contributed by atoms with E-state index in [2.05, 4.69) is 41.5 Å². The Morgan fingerprint density at radius 3 is 2.74 bits per heavy atom. The van der Waals surface area contributed by atoms with Gasteiger partial charge in [-0.25, -0.2) is 0 Å². The van der Waals surface area contributed by atoms with Gasteiger partial charge in [0.25, 0.3) is 0 Å². The summed E-state index contributed by atoms with van der Waals surface area (Å²) in [7, 11) is 0. The Morgan fingerprint density at radius 1 is 1.33 bits per heavy atom. The Balaban J connectivity index is 0.00000364. The van der Waals surface area contributed by atoms with Gasteiger partial charge < -0.3 is 19.9 Å². The number of aliphatic imine (C=N–C) groups is 1. The largest absolute Gasteiger partial charge is 0.374 e. The van der Waals surface area contributed by atoms with Crippen molar-refractivity contribution in [3.63, 3.8) is 0 Å². The molecule has 7 nitrogen and oxygen atoms in total. The van der Waals surface area contributed by atoms with Crippen molar-refractivity contribution >= 4 is 29.9 Å². The first-order valence-electron chi connectivity index (χ1n) is 9.77. The van der Waals surface area contributed by atoms with E-state index in [4.69, 9.17) is 14.3 Å². The number of rotatable bonds is 8. The second-order valence-electron chi connectivity index (χ2n) is 7.35. The van der Waals surface area contributed by atoms with E-state index in [1.807, 2.05) is 13.8 Å². The zero-order valence-electron chi connectivity index (χ0n) is 17.4. The zero-order valence-corrected chi connectivity index (χ0v) is 19.7. The zero-order chi connectivity index (χ0) is 18.9. The molecule has 2 N–H and O–H groups in total. The second-order valence-corrected chi connectivity index (χ2v) is 7.35. The predicted molar refractivity (Wildman–Crippen MR) is 120 cm³/mol. The molecule has 156 valence electrons. The maximum Gasteiger partial charge on any atom is 0.191 e. The summed E-state index contributed by atoms with van der Waals surface area (Å²) >= 11 is 0. The Labute approximate surface area is 180 Å². The van der Waals surface area contributed by atoms with Gasteiger partial charge in [0.1, 0.15) is 5.76 Å². The molecule has 2 rings (SSSR count). The van der Waals surface area contributed by atoms with Crippen molar-refractivity contribution in [3.8, 4) is 0 Å². The number of guanidine groups is 1. The summed E-state index contributed by atoms with van der Waals surface area (Å²) < 4.78 is 11.1. The van der Waals surface area contributed by atoms with Crippen molar-refractivity contribution in [3.05, 3.63) is 17.0 Å². The Bertz CT molecular complexity index is 557. The first-order valence-corrected chi connectivity index (χ1v) is 9.77. The molecular weight excluding hydrogens is 457 g/mol. The van der Waals surface area contributed by atoms with Gasteiger partial charge in [0.15, 0.2) is 5.96 Å². The van der Waals surface area contributed by atoms with Crippen molar-refractivity contribution in [2.75, 3.05) is 45.9 Å². The molecule has 0 aromatic carbocycles. The number of aromatic nitrogens is 1. The second kappa shape index (κ2) is 12.6. The molecule has 0 aliphatic carbocycles. The highest BCUT2D eigenvalue weighted by Crippen LogP contribution is 2.12. The fourth-order valence-electron chi connectivity index (χ4n) is 3.27. The van der Waals surface area contributed by atoms with Crippen LogP contribution in [-0.2, 0) is 11.2 Å². The van der Waals surface area contributed by atoms with E-state index in [0.29, 0.717) is 12.5 Å². The molecule has 1 saturated heterocycles. The number of hydrogen-bond acceptors (Lipinski definition) is 5. The summed E-state index contributed by atoms with van der Waals surface area (Å²) in [5.41, 5.74) is 2.14. The van der Waals surface area contributed by atoms with Crippen LogP contribution in [0.1, 0.15) is 37.8 Å². The first kappa shape index (κ1) is 24.2. The number of ether oxygens (including phenoxy) is 1. The number of aryl methyl sites for hydroxylation is 2. The molecule has 1 fully saturated rings. The Morgan fingerprint density at radius 2 is 2.11 bits per heavy atom. The summed E-state index contributed by atoms with van der Waals surface area (Å²) in [5, 5.41) is 10.7. The lowest BCUT2D eigenvalue weighted by Crippen LogP contribution is -2.46. The molecule has 1 aliphatic rings. The molecule has 8 heteroatoms. The van der Waals surface area contributed by atoms with Gasteiger partial charge in [0.2, 0.25) is 0 Å². The number of hydrogen-bond donors (Lipinski definition) is 2. The minimum atomic E-state index is 0. The van der Waals surface area contributed by atoms with E-state index >= 15 is 0 Å². The molecule has 0 radical (unpaired) electrons. The summed E-state index contributed by atoms with van der Waals surface area (Å²) in [6, 6.07) is 0. The van der Waals surface area contributed by atoms with Crippen molar-refractivity contribution < 1.29 is 9.26 Å². The van der Waals surface area contributed by atoms with Crippen LogP contribution in [0.5, 0.6) is 0 Å². The molecule has 1 atom stereocenters. The van der Waals surface area contributed by atoms with Crippen molar-refractivity contribution in [1.82, 2.24) is 20.7 Å². The molecule has 2 heterocycles. The molecule has 0 amide bonds. The molecule has 1 unspecified atom stereocenters. The molecule has 0 saturated carbocycles. The van der Waals surface area contributed by atoms with Gasteiger partial charge in [0.05, 0.1) is 24.9 Å². The van der Waals surface area contributed by atoms with E-state index < -0.39 is 0 Å². The van der Waals surface area contributed by atoms with E-state index in [1.54, 1.807) is 0 Å². The standard InChI is InChI=1S/C19H35N5O2.HI/c1-6-20-19(21-8-7-18-15(4)23-26-16(18)5)22-11-17-13-24(9-10-25-17)12-14(2)3;/h14,17H,6-13H2,1-5H3,(H2,20,21,22);1H. The van der Waals surface area contributed by atoms with Gasteiger partial charge in [-0.1, -0.05) is 19.0 Å². The minimum absolute atomic E-state index is 0. The van der Waals surface area contributed by atoms with Gasteiger partial charge in [-0.05, 0) is 33.1 Å². The summed E-state index contributed by atoms with van der Waals surface area (Å²) in [4.78, 5) is 7.20. The maximum absolute atomic E-state index is 5.89. The lowest BCUT2D eigenvalue weighted by Gasteiger charge is -2.33. The van der Waals surface area contributed by atoms with E-state index in [1.165, 1.54) is 5.56 Å². The number of nitrogens with one attached hydrogen (secondary N) is 2. The Hall–Kier alpha value is -0.870. The summed E-state index contributed by atoms with van der Waals surface area (Å²) in [6.45, 7) is 16.7. The van der Waals surface area contributed by atoms with Crippen LogP contribution in [0.3, 0.4) is 0 Å². The smallest absolute Gasteiger partial charge is 0.191 e. The number of nitrogens with zero attached hydrogens (tertiary/aromatic N) is 3. The maximum atomic E-state index is 5.89. The van der Waals surface area contributed by atoms with E-state index in [9.17, 15) is 0 Å². The van der Waals surface area contributed by atoms with Crippen LogP contribution in [0, 0.1) is 19.8 Å². The molecular formula is C19H36IN5O2. The van der Waals surface area contributed by atoms with Crippen molar-refractivity contribution in [1.29, 1.82) is 0 Å². The number of morpholine rings is 1. The van der Waals surface area contributed by atoms with Crippen LogP contribution in [0.25, 0.3) is 0 Å². The topological polar surface area (TPSA) is 74.9 Å². The lowest BCUT2D eigenvalue weighted by atomic mass is 10.1. The lowest BCUT2D eigenvalue weighted by molar-refractivity contribution is -0.0261. The summed E-state index contributed by atoms with van der Waals surface area (Å²) in [6.07, 6.45) is 1.04. The van der Waals surface area contributed by atoms with Gasteiger partial charge in [-0.3, -0.25) is 9.89 Å². The SMILES string of the molecule is CCNC(=NCC1CN(CC(C)C)CCO1)NCCc1c(C)noc1C.I. The van der Waals surface area contributed by atoms with Crippen molar-refractivity contribution in [2.45, 2.75) is 47.1 Å². The molecule has 1 aromatic rings. The third-order valence-corrected chi connectivity index (χ3v) is 4.49. The third kappa shape index (κ3) is 8.35. The van der Waals surface area contributed by atoms with Gasteiger partial charge in [-0.15, -0.1) is 24.0 Å². The van der Waals surface area contributed by atoms with Crippen LogP contribution in [0.4, 0.5) is 0 Å². The fourth-order valence-corrected chi connectivity index (χ4v) is 3.27.